The maximum Gasteiger partial charge on any atom is 0.128 e. The van der Waals surface area contributed by atoms with Crippen LogP contribution in [0.25, 0.3) is 0 Å². The van der Waals surface area contributed by atoms with Gasteiger partial charge in [0.25, 0.3) is 0 Å². The third kappa shape index (κ3) is 2.64. The molecule has 1 aromatic carbocycles. The smallest absolute Gasteiger partial charge is 0.128 e. The minimum atomic E-state index is -0.859. The highest BCUT2D eigenvalue weighted by atomic mass is 79.9. The number of halogens is 2. The van der Waals surface area contributed by atoms with Gasteiger partial charge in [0, 0.05) is 22.6 Å². The van der Waals surface area contributed by atoms with Gasteiger partial charge in [0.1, 0.15) is 5.82 Å². The lowest BCUT2D eigenvalue weighted by Crippen LogP contribution is -2.43. The van der Waals surface area contributed by atoms with Gasteiger partial charge in [-0.3, -0.25) is 0 Å². The molecule has 110 valence electrons. The minimum Gasteiger partial charge on any atom is -0.396 e. The summed E-state index contributed by atoms with van der Waals surface area (Å²) in [4.78, 5) is 0. The van der Waals surface area contributed by atoms with Crippen molar-refractivity contribution in [2.75, 3.05) is 6.61 Å². The van der Waals surface area contributed by atoms with Crippen LogP contribution in [0.3, 0.4) is 0 Å². The molecule has 3 N–H and O–H groups in total. The number of hydrogen-bond donors (Lipinski definition) is 2. The minimum absolute atomic E-state index is 0.0167. The molecule has 3 atom stereocenters. The van der Waals surface area contributed by atoms with Crippen molar-refractivity contribution in [2.45, 2.75) is 43.4 Å². The molecule has 2 saturated carbocycles. The Morgan fingerprint density at radius 1 is 1.40 bits per heavy atom. The van der Waals surface area contributed by atoms with Gasteiger partial charge in [-0.15, -0.1) is 0 Å². The Labute approximate surface area is 126 Å². The van der Waals surface area contributed by atoms with E-state index >= 15 is 0 Å². The molecule has 0 spiro atoms. The number of nitrogens with two attached hydrogens (primary N) is 1. The van der Waals surface area contributed by atoms with E-state index in [1.807, 2.05) is 0 Å². The largest absolute Gasteiger partial charge is 0.396 e. The second kappa shape index (κ2) is 5.37. The van der Waals surface area contributed by atoms with Crippen molar-refractivity contribution in [2.24, 2.45) is 11.7 Å². The van der Waals surface area contributed by atoms with Gasteiger partial charge < -0.3 is 15.6 Å². The van der Waals surface area contributed by atoms with E-state index in [0.717, 1.165) is 17.3 Å². The summed E-state index contributed by atoms with van der Waals surface area (Å²) in [7, 11) is 0. The molecule has 20 heavy (non-hydrogen) atoms. The molecule has 2 aliphatic carbocycles. The zero-order valence-electron chi connectivity index (χ0n) is 11.2. The standard InChI is InChI=1S/C15H19BrFNO2/c16-10-1-4-14(17)13(6-10)15(18)7-12(5-9(15)8-19)20-11-2-3-11/h1,4,6,9,11-12,19H,2-3,5,7-8,18H2. The van der Waals surface area contributed by atoms with Gasteiger partial charge in [0.2, 0.25) is 0 Å². The van der Waals surface area contributed by atoms with Gasteiger partial charge in [-0.2, -0.15) is 0 Å². The van der Waals surface area contributed by atoms with Gasteiger partial charge in [-0.1, -0.05) is 15.9 Å². The molecule has 3 rings (SSSR count). The van der Waals surface area contributed by atoms with Gasteiger partial charge in [0.05, 0.1) is 17.7 Å². The number of aliphatic hydroxyl groups excluding tert-OH is 1. The Balaban J connectivity index is 1.89. The average Bonchev–Trinajstić information content (AvgIpc) is 3.15. The third-order valence-corrected chi connectivity index (χ3v) is 4.89. The maximum absolute atomic E-state index is 14.2. The molecule has 1 aromatic rings. The van der Waals surface area contributed by atoms with Gasteiger partial charge in [-0.05, 0) is 43.9 Å². The molecule has 2 fully saturated rings. The maximum atomic E-state index is 14.2. The molecular formula is C15H19BrFNO2. The van der Waals surface area contributed by atoms with E-state index in [1.54, 1.807) is 12.1 Å². The lowest BCUT2D eigenvalue weighted by atomic mass is 9.81. The van der Waals surface area contributed by atoms with E-state index in [-0.39, 0.29) is 24.4 Å². The lowest BCUT2D eigenvalue weighted by Gasteiger charge is -2.31. The van der Waals surface area contributed by atoms with Gasteiger partial charge in [-0.25, -0.2) is 4.39 Å². The number of rotatable bonds is 4. The molecule has 3 unspecified atom stereocenters. The zero-order valence-corrected chi connectivity index (χ0v) is 12.8. The Kier molecular flexibility index (Phi) is 3.88. The fourth-order valence-electron chi connectivity index (χ4n) is 3.16. The second-order valence-electron chi connectivity index (χ2n) is 5.94. The van der Waals surface area contributed by atoms with Crippen LogP contribution in [0.4, 0.5) is 4.39 Å². The van der Waals surface area contributed by atoms with Crippen molar-refractivity contribution in [3.8, 4) is 0 Å². The molecule has 0 bridgehead atoms. The lowest BCUT2D eigenvalue weighted by molar-refractivity contribution is 0.0387. The van der Waals surface area contributed by atoms with Crippen molar-refractivity contribution < 1.29 is 14.2 Å². The summed E-state index contributed by atoms with van der Waals surface area (Å²) >= 11 is 3.36. The van der Waals surface area contributed by atoms with Gasteiger partial charge >= 0.3 is 0 Å². The van der Waals surface area contributed by atoms with E-state index in [0.29, 0.717) is 24.5 Å². The Morgan fingerprint density at radius 3 is 2.80 bits per heavy atom. The molecule has 0 heterocycles. The van der Waals surface area contributed by atoms with Gasteiger partial charge in [0.15, 0.2) is 0 Å². The first-order chi connectivity index (χ1) is 9.53. The molecule has 0 aromatic heterocycles. The van der Waals surface area contributed by atoms with Crippen LogP contribution in [0.2, 0.25) is 0 Å². The number of ether oxygens (including phenoxy) is 1. The molecule has 5 heteroatoms. The number of benzene rings is 1. The Morgan fingerprint density at radius 2 is 2.15 bits per heavy atom. The molecule has 0 aliphatic heterocycles. The molecular weight excluding hydrogens is 325 g/mol. The van der Waals surface area contributed by atoms with Crippen molar-refractivity contribution in [3.05, 3.63) is 34.1 Å². The molecule has 0 amide bonds. The Bertz CT molecular complexity index is 509. The van der Waals surface area contributed by atoms with Crippen molar-refractivity contribution in [1.82, 2.24) is 0 Å². The summed E-state index contributed by atoms with van der Waals surface area (Å²) in [5.74, 6) is -0.490. The highest BCUT2D eigenvalue weighted by molar-refractivity contribution is 9.10. The average molecular weight is 344 g/mol. The van der Waals surface area contributed by atoms with Crippen molar-refractivity contribution >= 4 is 15.9 Å². The highest BCUT2D eigenvalue weighted by Gasteiger charge is 2.48. The van der Waals surface area contributed by atoms with Crippen molar-refractivity contribution in [1.29, 1.82) is 0 Å². The van der Waals surface area contributed by atoms with Crippen LogP contribution in [0.15, 0.2) is 22.7 Å². The summed E-state index contributed by atoms with van der Waals surface area (Å²) < 4.78 is 20.9. The monoisotopic (exact) mass is 343 g/mol. The van der Waals surface area contributed by atoms with Crippen LogP contribution in [0.1, 0.15) is 31.2 Å². The van der Waals surface area contributed by atoms with Crippen molar-refractivity contribution in [3.63, 3.8) is 0 Å². The molecule has 2 aliphatic rings. The second-order valence-corrected chi connectivity index (χ2v) is 6.86. The first kappa shape index (κ1) is 14.4. The molecule has 3 nitrogen and oxygen atoms in total. The number of hydrogen-bond acceptors (Lipinski definition) is 3. The van der Waals surface area contributed by atoms with E-state index in [2.05, 4.69) is 15.9 Å². The summed E-state index contributed by atoms with van der Waals surface area (Å²) in [6.07, 6.45) is 3.81. The Hall–Kier alpha value is -0.490. The van der Waals surface area contributed by atoms with Crippen LogP contribution in [-0.4, -0.2) is 23.9 Å². The quantitative estimate of drug-likeness (QED) is 0.883. The fraction of sp³-hybridized carbons (Fsp3) is 0.600. The SMILES string of the molecule is NC1(c2cc(Br)ccc2F)CC(OC2CC2)CC1CO. The first-order valence-corrected chi connectivity index (χ1v) is 7.83. The third-order valence-electron chi connectivity index (χ3n) is 4.40. The van der Waals surface area contributed by atoms with E-state index in [1.165, 1.54) is 6.07 Å². The normalized spacial score (nSPS) is 33.6. The fourth-order valence-corrected chi connectivity index (χ4v) is 3.52. The molecule has 0 radical (unpaired) electrons. The number of aliphatic hydroxyl groups is 1. The van der Waals surface area contributed by atoms with Crippen LogP contribution in [-0.2, 0) is 10.3 Å². The molecule has 0 saturated heterocycles. The predicted octanol–water partition coefficient (Wildman–Crippen LogP) is 2.69. The van der Waals surface area contributed by atoms with E-state index in [4.69, 9.17) is 10.5 Å². The first-order valence-electron chi connectivity index (χ1n) is 7.03. The van der Waals surface area contributed by atoms with Crippen LogP contribution >= 0.6 is 15.9 Å². The van der Waals surface area contributed by atoms with Crippen LogP contribution in [0, 0.1) is 11.7 Å². The highest BCUT2D eigenvalue weighted by Crippen LogP contribution is 2.45. The summed E-state index contributed by atoms with van der Waals surface area (Å²) in [6.45, 7) is -0.0486. The summed E-state index contributed by atoms with van der Waals surface area (Å²) in [5.41, 5.74) is 6.10. The zero-order chi connectivity index (χ0) is 14.3. The van der Waals surface area contributed by atoms with Crippen LogP contribution < -0.4 is 5.73 Å². The van der Waals surface area contributed by atoms with E-state index < -0.39 is 5.54 Å². The summed E-state index contributed by atoms with van der Waals surface area (Å²) in [5, 5.41) is 9.62. The topological polar surface area (TPSA) is 55.5 Å². The van der Waals surface area contributed by atoms with Crippen LogP contribution in [0.5, 0.6) is 0 Å². The summed E-state index contributed by atoms with van der Waals surface area (Å²) in [6, 6.07) is 4.79. The van der Waals surface area contributed by atoms with E-state index in [9.17, 15) is 9.50 Å². The predicted molar refractivity (Wildman–Crippen MR) is 77.7 cm³/mol.